The average molecular weight is 165 g/mol. The van der Waals surface area contributed by atoms with Crippen LogP contribution in [0.1, 0.15) is 23.0 Å². The molecule has 12 heavy (non-hydrogen) atoms. The molecule has 1 aromatic rings. The molecule has 0 saturated heterocycles. The maximum atomic E-state index is 10.4. The summed E-state index contributed by atoms with van der Waals surface area (Å²) in [5.74, 6) is 0.731. The molecule has 0 aliphatic rings. The van der Waals surface area contributed by atoms with Crippen molar-refractivity contribution >= 4 is 6.29 Å². The number of carbonyl (C=O) groups is 1. The van der Waals surface area contributed by atoms with E-state index in [9.17, 15) is 4.79 Å². The van der Waals surface area contributed by atoms with Gasteiger partial charge in [0.2, 0.25) is 0 Å². The van der Waals surface area contributed by atoms with Crippen LogP contribution in [0.15, 0.2) is 12.3 Å². The second-order valence-corrected chi connectivity index (χ2v) is 2.39. The molecule has 3 nitrogen and oxygen atoms in total. The van der Waals surface area contributed by atoms with Gasteiger partial charge in [-0.2, -0.15) is 0 Å². The summed E-state index contributed by atoms with van der Waals surface area (Å²) in [6.07, 6.45) is 3.24. The van der Waals surface area contributed by atoms with Crippen molar-refractivity contribution in [3.05, 3.63) is 23.5 Å². The number of pyridine rings is 1. The maximum Gasteiger partial charge on any atom is 0.168 e. The lowest BCUT2D eigenvalue weighted by Crippen LogP contribution is -1.95. The Morgan fingerprint density at radius 2 is 2.42 bits per heavy atom. The van der Waals surface area contributed by atoms with Gasteiger partial charge in [0.15, 0.2) is 6.29 Å². The zero-order valence-electron chi connectivity index (χ0n) is 7.20. The van der Waals surface area contributed by atoms with Gasteiger partial charge in [-0.15, -0.1) is 0 Å². The van der Waals surface area contributed by atoms with Crippen molar-refractivity contribution < 1.29 is 9.53 Å². The number of aryl methyl sites for hydroxylation is 1. The van der Waals surface area contributed by atoms with Gasteiger partial charge in [0.05, 0.1) is 7.11 Å². The molecule has 0 N–H and O–H groups in total. The van der Waals surface area contributed by atoms with Crippen molar-refractivity contribution in [2.45, 2.75) is 13.3 Å². The number of hydrogen-bond donors (Lipinski definition) is 0. The standard InChI is InChI=1S/C9H11NO2/c1-3-7-5-10-8(6-11)4-9(7)12-2/h4-6H,3H2,1-2H3. The first-order valence-electron chi connectivity index (χ1n) is 3.80. The van der Waals surface area contributed by atoms with Crippen LogP contribution in [-0.4, -0.2) is 18.4 Å². The zero-order valence-corrected chi connectivity index (χ0v) is 7.20. The Morgan fingerprint density at radius 1 is 1.67 bits per heavy atom. The SMILES string of the molecule is CCc1cnc(C=O)cc1OC. The number of aromatic nitrogens is 1. The van der Waals surface area contributed by atoms with Gasteiger partial charge in [0, 0.05) is 17.8 Å². The van der Waals surface area contributed by atoms with Crippen molar-refractivity contribution in [2.24, 2.45) is 0 Å². The minimum absolute atomic E-state index is 0.407. The Bertz CT molecular complexity index is 284. The van der Waals surface area contributed by atoms with E-state index in [1.165, 1.54) is 0 Å². The van der Waals surface area contributed by atoms with Crippen LogP contribution in [0.5, 0.6) is 5.75 Å². The van der Waals surface area contributed by atoms with E-state index in [4.69, 9.17) is 4.74 Å². The Kier molecular flexibility index (Phi) is 2.80. The summed E-state index contributed by atoms with van der Waals surface area (Å²) < 4.78 is 5.08. The summed E-state index contributed by atoms with van der Waals surface area (Å²) in [5.41, 5.74) is 1.42. The van der Waals surface area contributed by atoms with E-state index in [1.54, 1.807) is 19.4 Å². The first-order valence-corrected chi connectivity index (χ1v) is 3.80. The molecule has 1 heterocycles. The number of carbonyl (C=O) groups excluding carboxylic acids is 1. The zero-order chi connectivity index (χ0) is 8.97. The summed E-state index contributed by atoms with van der Waals surface area (Å²) >= 11 is 0. The van der Waals surface area contributed by atoms with Gasteiger partial charge in [0.25, 0.3) is 0 Å². The number of methoxy groups -OCH3 is 1. The number of aldehydes is 1. The second kappa shape index (κ2) is 3.85. The molecule has 0 spiro atoms. The van der Waals surface area contributed by atoms with Gasteiger partial charge >= 0.3 is 0 Å². The lowest BCUT2D eigenvalue weighted by atomic mass is 10.2. The molecule has 0 bridgehead atoms. The molecule has 64 valence electrons. The third-order valence-corrected chi connectivity index (χ3v) is 1.69. The van der Waals surface area contributed by atoms with Gasteiger partial charge in [-0.1, -0.05) is 6.92 Å². The molecular formula is C9H11NO2. The van der Waals surface area contributed by atoms with E-state index in [0.29, 0.717) is 12.0 Å². The van der Waals surface area contributed by atoms with E-state index >= 15 is 0 Å². The van der Waals surface area contributed by atoms with Crippen LogP contribution in [0.25, 0.3) is 0 Å². The Labute approximate surface area is 71.4 Å². The highest BCUT2D eigenvalue weighted by Crippen LogP contribution is 2.17. The maximum absolute atomic E-state index is 10.4. The Balaban J connectivity index is 3.10. The van der Waals surface area contributed by atoms with Crippen molar-refractivity contribution in [2.75, 3.05) is 7.11 Å². The van der Waals surface area contributed by atoms with Gasteiger partial charge in [-0.05, 0) is 6.42 Å². The van der Waals surface area contributed by atoms with Crippen LogP contribution in [0, 0.1) is 0 Å². The third kappa shape index (κ3) is 1.61. The predicted molar refractivity (Wildman–Crippen MR) is 45.6 cm³/mol. The average Bonchev–Trinajstić information content (AvgIpc) is 2.16. The first-order chi connectivity index (χ1) is 5.81. The minimum Gasteiger partial charge on any atom is -0.496 e. The van der Waals surface area contributed by atoms with Crippen LogP contribution in [-0.2, 0) is 6.42 Å². The van der Waals surface area contributed by atoms with Crippen molar-refractivity contribution in [1.82, 2.24) is 4.98 Å². The fourth-order valence-corrected chi connectivity index (χ4v) is 1.00. The molecule has 1 rings (SSSR count). The number of ether oxygens (including phenoxy) is 1. The van der Waals surface area contributed by atoms with E-state index < -0.39 is 0 Å². The lowest BCUT2D eigenvalue weighted by molar-refractivity contribution is 0.111. The first kappa shape index (κ1) is 8.71. The van der Waals surface area contributed by atoms with Crippen LogP contribution in [0.4, 0.5) is 0 Å². The molecule has 0 amide bonds. The van der Waals surface area contributed by atoms with Crippen molar-refractivity contribution in [3.8, 4) is 5.75 Å². The van der Waals surface area contributed by atoms with Gasteiger partial charge < -0.3 is 4.74 Å². The molecule has 0 aromatic carbocycles. The normalized spacial score (nSPS) is 9.50. The van der Waals surface area contributed by atoms with Crippen molar-refractivity contribution in [1.29, 1.82) is 0 Å². The molecule has 0 aliphatic carbocycles. The van der Waals surface area contributed by atoms with E-state index in [1.807, 2.05) is 6.92 Å². The van der Waals surface area contributed by atoms with E-state index in [0.717, 1.165) is 17.7 Å². The minimum atomic E-state index is 0.407. The second-order valence-electron chi connectivity index (χ2n) is 2.39. The van der Waals surface area contributed by atoms with Crippen LogP contribution >= 0.6 is 0 Å². The molecular weight excluding hydrogens is 154 g/mol. The predicted octanol–water partition coefficient (Wildman–Crippen LogP) is 1.47. The van der Waals surface area contributed by atoms with Crippen LogP contribution in [0.2, 0.25) is 0 Å². The molecule has 0 radical (unpaired) electrons. The van der Waals surface area contributed by atoms with Gasteiger partial charge in [-0.25, -0.2) is 0 Å². The highest BCUT2D eigenvalue weighted by molar-refractivity contribution is 5.72. The van der Waals surface area contributed by atoms with Gasteiger partial charge in [-0.3, -0.25) is 9.78 Å². The molecule has 0 unspecified atom stereocenters. The number of rotatable bonds is 3. The number of nitrogens with zero attached hydrogens (tertiary/aromatic N) is 1. The Hall–Kier alpha value is -1.38. The molecule has 0 aliphatic heterocycles. The quantitative estimate of drug-likeness (QED) is 0.636. The fourth-order valence-electron chi connectivity index (χ4n) is 1.00. The van der Waals surface area contributed by atoms with Gasteiger partial charge in [0.1, 0.15) is 11.4 Å². The highest BCUT2D eigenvalue weighted by Gasteiger charge is 2.02. The summed E-state index contributed by atoms with van der Waals surface area (Å²) in [4.78, 5) is 14.3. The summed E-state index contributed by atoms with van der Waals surface area (Å²) in [6, 6.07) is 1.64. The summed E-state index contributed by atoms with van der Waals surface area (Å²) in [6.45, 7) is 2.01. The molecule has 0 fully saturated rings. The number of hydrogen-bond acceptors (Lipinski definition) is 3. The largest absolute Gasteiger partial charge is 0.496 e. The molecule has 0 saturated carbocycles. The summed E-state index contributed by atoms with van der Waals surface area (Å²) in [5, 5.41) is 0. The lowest BCUT2D eigenvalue weighted by Gasteiger charge is -2.05. The highest BCUT2D eigenvalue weighted by atomic mass is 16.5. The smallest absolute Gasteiger partial charge is 0.168 e. The van der Waals surface area contributed by atoms with E-state index in [2.05, 4.69) is 4.98 Å². The third-order valence-electron chi connectivity index (χ3n) is 1.69. The van der Waals surface area contributed by atoms with Crippen LogP contribution in [0.3, 0.4) is 0 Å². The summed E-state index contributed by atoms with van der Waals surface area (Å²) in [7, 11) is 1.59. The Morgan fingerprint density at radius 3 is 2.92 bits per heavy atom. The van der Waals surface area contributed by atoms with Crippen LogP contribution < -0.4 is 4.74 Å². The van der Waals surface area contributed by atoms with Crippen molar-refractivity contribution in [3.63, 3.8) is 0 Å². The van der Waals surface area contributed by atoms with E-state index in [-0.39, 0.29) is 0 Å². The molecule has 3 heteroatoms. The fraction of sp³-hybridized carbons (Fsp3) is 0.333. The molecule has 0 atom stereocenters. The topological polar surface area (TPSA) is 39.2 Å². The monoisotopic (exact) mass is 165 g/mol. The molecule has 1 aromatic heterocycles.